The van der Waals surface area contributed by atoms with Gasteiger partial charge in [0, 0.05) is 13.0 Å². The first-order valence-corrected chi connectivity index (χ1v) is 10.8. The van der Waals surface area contributed by atoms with Crippen LogP contribution in [0.5, 0.6) is 0 Å². The molecule has 1 aliphatic carbocycles. The molecule has 2 aromatic carbocycles. The van der Waals surface area contributed by atoms with E-state index in [1.807, 2.05) is 60.7 Å². The van der Waals surface area contributed by atoms with Crippen molar-refractivity contribution in [3.05, 3.63) is 60.7 Å². The molecule has 26 heavy (non-hydrogen) atoms. The SMILES string of the molecule is CC(C)(C)[Si](OCC1(CO)CC1(F)F)(c1ccccc1)c1ccccc1. The van der Waals surface area contributed by atoms with E-state index in [1.165, 1.54) is 0 Å². The summed E-state index contributed by atoms with van der Waals surface area (Å²) < 4.78 is 34.3. The van der Waals surface area contributed by atoms with Crippen molar-refractivity contribution in [3.63, 3.8) is 0 Å². The zero-order chi connectivity index (χ0) is 19.1. The van der Waals surface area contributed by atoms with Gasteiger partial charge in [-0.3, -0.25) is 0 Å². The minimum atomic E-state index is -2.85. The number of halogens is 2. The van der Waals surface area contributed by atoms with Crippen molar-refractivity contribution in [1.29, 1.82) is 0 Å². The molecule has 3 rings (SSSR count). The van der Waals surface area contributed by atoms with Crippen molar-refractivity contribution in [1.82, 2.24) is 0 Å². The minimum absolute atomic E-state index is 0.135. The van der Waals surface area contributed by atoms with Gasteiger partial charge in [-0.25, -0.2) is 8.78 Å². The van der Waals surface area contributed by atoms with Crippen LogP contribution in [0.1, 0.15) is 27.2 Å². The summed E-state index contributed by atoms with van der Waals surface area (Å²) in [5.74, 6) is -2.85. The average Bonchev–Trinajstić information content (AvgIpc) is 3.17. The van der Waals surface area contributed by atoms with Crippen LogP contribution in [0.25, 0.3) is 0 Å². The second-order valence-corrected chi connectivity index (χ2v) is 12.6. The largest absolute Gasteiger partial charge is 0.407 e. The van der Waals surface area contributed by atoms with Crippen LogP contribution in [-0.2, 0) is 4.43 Å². The van der Waals surface area contributed by atoms with Crippen LogP contribution in [0.4, 0.5) is 8.78 Å². The van der Waals surface area contributed by atoms with Crippen LogP contribution in [0.3, 0.4) is 0 Å². The number of hydrogen-bond acceptors (Lipinski definition) is 2. The zero-order valence-corrected chi connectivity index (χ0v) is 16.5. The smallest absolute Gasteiger partial charge is 0.261 e. The van der Waals surface area contributed by atoms with Gasteiger partial charge < -0.3 is 9.53 Å². The molecular formula is C21H26F2O2Si. The summed E-state index contributed by atoms with van der Waals surface area (Å²) in [7, 11) is -2.84. The topological polar surface area (TPSA) is 29.5 Å². The summed E-state index contributed by atoms with van der Waals surface area (Å²) in [6.45, 7) is 5.63. The average molecular weight is 377 g/mol. The molecule has 0 amide bonds. The molecule has 2 nitrogen and oxygen atoms in total. The maximum absolute atomic E-state index is 13.9. The maximum atomic E-state index is 13.9. The van der Waals surface area contributed by atoms with E-state index in [0.29, 0.717) is 0 Å². The highest BCUT2D eigenvalue weighted by Gasteiger charge is 2.71. The molecule has 1 atom stereocenters. The van der Waals surface area contributed by atoms with Crippen LogP contribution in [0.15, 0.2) is 60.7 Å². The lowest BCUT2D eigenvalue weighted by Gasteiger charge is -2.43. The molecule has 0 radical (unpaired) electrons. The lowest BCUT2D eigenvalue weighted by atomic mass is 10.1. The van der Waals surface area contributed by atoms with Gasteiger partial charge in [-0.05, 0) is 15.4 Å². The van der Waals surface area contributed by atoms with Gasteiger partial charge in [-0.15, -0.1) is 0 Å². The predicted octanol–water partition coefficient (Wildman–Crippen LogP) is 3.58. The van der Waals surface area contributed by atoms with Gasteiger partial charge in [-0.2, -0.15) is 0 Å². The first-order chi connectivity index (χ1) is 12.2. The number of hydrogen-bond donors (Lipinski definition) is 1. The van der Waals surface area contributed by atoms with E-state index in [2.05, 4.69) is 20.8 Å². The number of aliphatic hydroxyl groups is 1. The summed E-state index contributed by atoms with van der Waals surface area (Å²) in [6.07, 6.45) is -0.311. The van der Waals surface area contributed by atoms with Gasteiger partial charge in [0.2, 0.25) is 0 Å². The molecule has 1 N–H and O–H groups in total. The molecule has 2 aromatic rings. The number of alkyl halides is 2. The Kier molecular flexibility index (Phi) is 4.84. The fourth-order valence-corrected chi connectivity index (χ4v) is 8.41. The quantitative estimate of drug-likeness (QED) is 0.781. The fraction of sp³-hybridized carbons (Fsp3) is 0.429. The Balaban J connectivity index is 2.10. The van der Waals surface area contributed by atoms with Crippen molar-refractivity contribution in [2.45, 2.75) is 38.2 Å². The molecule has 0 aliphatic heterocycles. The predicted molar refractivity (Wildman–Crippen MR) is 103 cm³/mol. The third-order valence-electron chi connectivity index (χ3n) is 5.50. The standard InChI is InChI=1S/C21H26F2O2Si/c1-19(2,3)26(17-10-6-4-7-11-17,18-12-8-5-9-13-18)25-16-20(15-24)14-21(20,22)23/h4-13,24H,14-16H2,1-3H3. The molecule has 0 heterocycles. The monoisotopic (exact) mass is 376 g/mol. The number of aliphatic hydroxyl groups excluding tert-OH is 1. The summed E-state index contributed by atoms with van der Waals surface area (Å²) >= 11 is 0. The van der Waals surface area contributed by atoms with Crippen LogP contribution < -0.4 is 10.4 Å². The van der Waals surface area contributed by atoms with Crippen molar-refractivity contribution >= 4 is 18.7 Å². The van der Waals surface area contributed by atoms with Gasteiger partial charge in [-0.1, -0.05) is 81.4 Å². The molecule has 1 saturated carbocycles. The summed E-state index contributed by atoms with van der Waals surface area (Å²) in [5.41, 5.74) is -1.44. The Morgan fingerprint density at radius 3 is 1.69 bits per heavy atom. The molecule has 1 aliphatic rings. The second-order valence-electron chi connectivity index (χ2n) is 8.27. The highest BCUT2D eigenvalue weighted by molar-refractivity contribution is 6.99. The van der Waals surface area contributed by atoms with E-state index in [0.717, 1.165) is 10.4 Å². The van der Waals surface area contributed by atoms with Gasteiger partial charge in [0.15, 0.2) is 0 Å². The Hall–Kier alpha value is -1.56. The Bertz CT molecular complexity index is 704. The molecule has 0 bridgehead atoms. The number of benzene rings is 2. The van der Waals surface area contributed by atoms with Gasteiger partial charge in [0.05, 0.1) is 12.0 Å². The first kappa shape index (κ1) is 19.2. The van der Waals surface area contributed by atoms with E-state index in [4.69, 9.17) is 4.43 Å². The van der Waals surface area contributed by atoms with Gasteiger partial charge in [0.25, 0.3) is 14.2 Å². The molecule has 5 heteroatoms. The Labute approximate surface area is 155 Å². The molecule has 140 valence electrons. The van der Waals surface area contributed by atoms with Crippen LogP contribution in [0, 0.1) is 5.41 Å². The van der Waals surface area contributed by atoms with Crippen molar-refractivity contribution in [2.75, 3.05) is 13.2 Å². The maximum Gasteiger partial charge on any atom is 0.261 e. The summed E-state index contributed by atoms with van der Waals surface area (Å²) in [5, 5.41) is 11.4. The van der Waals surface area contributed by atoms with Crippen molar-refractivity contribution in [3.8, 4) is 0 Å². The Morgan fingerprint density at radius 2 is 1.38 bits per heavy atom. The second kappa shape index (κ2) is 6.55. The van der Waals surface area contributed by atoms with Crippen LogP contribution in [-0.4, -0.2) is 32.6 Å². The van der Waals surface area contributed by atoms with E-state index < -0.39 is 26.3 Å². The third-order valence-corrected chi connectivity index (χ3v) is 10.5. The molecule has 0 aromatic heterocycles. The first-order valence-electron chi connectivity index (χ1n) is 8.92. The fourth-order valence-electron chi connectivity index (χ4n) is 3.76. The van der Waals surface area contributed by atoms with Crippen molar-refractivity contribution < 1.29 is 18.3 Å². The molecule has 0 saturated heterocycles. The molecule has 1 unspecified atom stereocenters. The van der Waals surface area contributed by atoms with Gasteiger partial charge in [0.1, 0.15) is 0 Å². The van der Waals surface area contributed by atoms with Crippen molar-refractivity contribution in [2.24, 2.45) is 5.41 Å². The van der Waals surface area contributed by atoms with E-state index in [1.54, 1.807) is 0 Å². The molecular weight excluding hydrogens is 350 g/mol. The normalized spacial score (nSPS) is 22.2. The van der Waals surface area contributed by atoms with Crippen LogP contribution >= 0.6 is 0 Å². The van der Waals surface area contributed by atoms with E-state index in [-0.39, 0.29) is 18.1 Å². The lowest BCUT2D eigenvalue weighted by Crippen LogP contribution is -2.67. The summed E-state index contributed by atoms with van der Waals surface area (Å²) in [4.78, 5) is 0. The highest BCUT2D eigenvalue weighted by Crippen LogP contribution is 2.60. The van der Waals surface area contributed by atoms with Gasteiger partial charge >= 0.3 is 0 Å². The number of rotatable bonds is 6. The third kappa shape index (κ3) is 3.02. The Morgan fingerprint density at radius 1 is 0.962 bits per heavy atom. The zero-order valence-electron chi connectivity index (χ0n) is 15.5. The molecule has 0 spiro atoms. The molecule has 1 fully saturated rings. The lowest BCUT2D eigenvalue weighted by molar-refractivity contribution is 0.0123. The van der Waals surface area contributed by atoms with E-state index >= 15 is 0 Å². The highest BCUT2D eigenvalue weighted by atomic mass is 28.4. The summed E-state index contributed by atoms with van der Waals surface area (Å²) in [6, 6.07) is 19.8. The van der Waals surface area contributed by atoms with Crippen LogP contribution in [0.2, 0.25) is 5.04 Å². The minimum Gasteiger partial charge on any atom is -0.407 e. The van der Waals surface area contributed by atoms with E-state index in [9.17, 15) is 13.9 Å².